The second kappa shape index (κ2) is 5.80. The lowest BCUT2D eigenvalue weighted by Gasteiger charge is -2.31. The predicted molar refractivity (Wildman–Crippen MR) is 71.6 cm³/mol. The van der Waals surface area contributed by atoms with Crippen molar-refractivity contribution in [3.05, 3.63) is 0 Å². The van der Waals surface area contributed by atoms with Crippen molar-refractivity contribution in [2.24, 2.45) is 11.8 Å². The number of alkyl carbamates (subject to hydrolysis) is 1. The number of carbonyl (C=O) groups excluding carboxylic acids is 2. The first-order chi connectivity index (χ1) is 9.04. The number of amides is 2. The van der Waals surface area contributed by atoms with Crippen LogP contribution in [0, 0.1) is 11.8 Å². The Bertz CT molecular complexity index is 353. The van der Waals surface area contributed by atoms with E-state index in [1.165, 1.54) is 7.11 Å². The van der Waals surface area contributed by atoms with Gasteiger partial charge in [-0.1, -0.05) is 13.8 Å². The van der Waals surface area contributed by atoms with E-state index < -0.39 is 12.1 Å². The average molecular weight is 268 g/mol. The van der Waals surface area contributed by atoms with Gasteiger partial charge in [-0.2, -0.15) is 0 Å². The summed E-state index contributed by atoms with van der Waals surface area (Å²) in [5.41, 5.74) is 0. The van der Waals surface area contributed by atoms with Gasteiger partial charge in [0, 0.05) is 12.6 Å². The van der Waals surface area contributed by atoms with Crippen LogP contribution in [-0.2, 0) is 9.53 Å². The minimum atomic E-state index is -0.509. The van der Waals surface area contributed by atoms with Gasteiger partial charge >= 0.3 is 6.09 Å². The van der Waals surface area contributed by atoms with Crippen LogP contribution < -0.4 is 5.32 Å². The average Bonchev–Trinajstić information content (AvgIpc) is 3.10. The van der Waals surface area contributed by atoms with Crippen LogP contribution in [0.2, 0.25) is 0 Å². The highest BCUT2D eigenvalue weighted by molar-refractivity contribution is 5.86. The molecule has 1 heterocycles. The normalized spacial score (nSPS) is 24.4. The van der Waals surface area contributed by atoms with E-state index in [-0.39, 0.29) is 5.91 Å². The van der Waals surface area contributed by atoms with Crippen LogP contribution in [0.4, 0.5) is 4.79 Å². The zero-order valence-electron chi connectivity index (χ0n) is 12.0. The Morgan fingerprint density at radius 3 is 2.47 bits per heavy atom. The maximum absolute atomic E-state index is 12.6. The van der Waals surface area contributed by atoms with Gasteiger partial charge in [0.25, 0.3) is 0 Å². The summed E-state index contributed by atoms with van der Waals surface area (Å²) in [6, 6.07) is -0.0833. The zero-order valence-corrected chi connectivity index (χ0v) is 12.0. The molecule has 0 aromatic rings. The summed E-state index contributed by atoms with van der Waals surface area (Å²) < 4.78 is 4.62. The fourth-order valence-corrected chi connectivity index (χ4v) is 2.93. The number of hydrogen-bond acceptors (Lipinski definition) is 3. The van der Waals surface area contributed by atoms with Crippen LogP contribution in [0.25, 0.3) is 0 Å². The summed E-state index contributed by atoms with van der Waals surface area (Å²) in [5, 5.41) is 2.71. The van der Waals surface area contributed by atoms with E-state index in [1.54, 1.807) is 0 Å². The quantitative estimate of drug-likeness (QED) is 0.845. The third kappa shape index (κ3) is 3.19. The van der Waals surface area contributed by atoms with E-state index in [2.05, 4.69) is 23.9 Å². The molecule has 0 unspecified atom stereocenters. The van der Waals surface area contributed by atoms with Crippen LogP contribution in [0.5, 0.6) is 0 Å². The Kier molecular flexibility index (Phi) is 4.32. The SMILES string of the molecule is COC(=O)N[C@H](C(=O)N1CCC[C@H]1C(C)C)C1CC1. The summed E-state index contributed by atoms with van der Waals surface area (Å²) in [5.74, 6) is 0.827. The minimum absolute atomic E-state index is 0.0732. The van der Waals surface area contributed by atoms with Crippen molar-refractivity contribution in [2.75, 3.05) is 13.7 Å². The number of nitrogens with zero attached hydrogens (tertiary/aromatic N) is 1. The summed E-state index contributed by atoms with van der Waals surface area (Å²) in [7, 11) is 1.33. The number of carbonyl (C=O) groups is 2. The predicted octanol–water partition coefficient (Wildman–Crippen LogP) is 1.77. The fraction of sp³-hybridized carbons (Fsp3) is 0.857. The van der Waals surface area contributed by atoms with E-state index in [1.807, 2.05) is 4.90 Å². The van der Waals surface area contributed by atoms with Crippen LogP contribution >= 0.6 is 0 Å². The Hall–Kier alpha value is -1.26. The fourth-order valence-electron chi connectivity index (χ4n) is 2.93. The van der Waals surface area contributed by atoms with E-state index in [0.717, 1.165) is 32.2 Å². The molecule has 1 saturated heterocycles. The van der Waals surface area contributed by atoms with Crippen molar-refractivity contribution in [3.63, 3.8) is 0 Å². The van der Waals surface area contributed by atoms with Crippen molar-refractivity contribution in [3.8, 4) is 0 Å². The van der Waals surface area contributed by atoms with Gasteiger partial charge in [-0.05, 0) is 37.5 Å². The molecule has 1 aliphatic heterocycles. The number of nitrogens with one attached hydrogen (secondary N) is 1. The standard InChI is InChI=1S/C14H24N2O3/c1-9(2)11-5-4-8-16(11)13(17)12(10-6-7-10)15-14(18)19-3/h9-12H,4-8H2,1-3H3,(H,15,18)/t11-,12-/m0/s1. The smallest absolute Gasteiger partial charge is 0.407 e. The molecule has 2 rings (SSSR count). The van der Waals surface area contributed by atoms with Crippen LogP contribution in [0.15, 0.2) is 0 Å². The topological polar surface area (TPSA) is 58.6 Å². The molecule has 2 aliphatic rings. The number of rotatable bonds is 4. The van der Waals surface area contributed by atoms with Crippen molar-refractivity contribution >= 4 is 12.0 Å². The second-order valence-corrected chi connectivity index (χ2v) is 5.94. The molecule has 2 atom stereocenters. The highest BCUT2D eigenvalue weighted by Crippen LogP contribution is 2.35. The molecule has 108 valence electrons. The molecule has 0 aromatic carbocycles. The maximum Gasteiger partial charge on any atom is 0.407 e. The minimum Gasteiger partial charge on any atom is -0.453 e. The number of ether oxygens (including phenoxy) is 1. The van der Waals surface area contributed by atoms with Gasteiger partial charge in [-0.15, -0.1) is 0 Å². The van der Waals surface area contributed by atoms with Crippen molar-refractivity contribution in [1.82, 2.24) is 10.2 Å². The van der Waals surface area contributed by atoms with Gasteiger partial charge in [-0.25, -0.2) is 4.79 Å². The summed E-state index contributed by atoms with van der Waals surface area (Å²) in [6.07, 6.45) is 3.65. The van der Waals surface area contributed by atoms with Gasteiger partial charge in [0.15, 0.2) is 0 Å². The van der Waals surface area contributed by atoms with Gasteiger partial charge in [0.05, 0.1) is 7.11 Å². The Morgan fingerprint density at radius 1 is 1.26 bits per heavy atom. The van der Waals surface area contributed by atoms with Gasteiger partial charge < -0.3 is 15.0 Å². The molecule has 0 spiro atoms. The third-order valence-electron chi connectivity index (χ3n) is 4.17. The lowest BCUT2D eigenvalue weighted by Crippen LogP contribution is -2.52. The first-order valence-corrected chi connectivity index (χ1v) is 7.19. The molecule has 19 heavy (non-hydrogen) atoms. The molecular weight excluding hydrogens is 244 g/mol. The molecule has 1 aliphatic carbocycles. The Labute approximate surface area is 114 Å². The van der Waals surface area contributed by atoms with Crippen molar-refractivity contribution in [2.45, 2.75) is 51.6 Å². The molecule has 0 radical (unpaired) electrons. The largest absolute Gasteiger partial charge is 0.453 e. The van der Waals surface area contributed by atoms with Crippen LogP contribution in [-0.4, -0.2) is 42.6 Å². The maximum atomic E-state index is 12.6. The summed E-state index contributed by atoms with van der Waals surface area (Å²) >= 11 is 0. The Morgan fingerprint density at radius 2 is 1.95 bits per heavy atom. The van der Waals surface area contributed by atoms with Gasteiger partial charge in [-0.3, -0.25) is 4.79 Å². The molecule has 5 heteroatoms. The third-order valence-corrected chi connectivity index (χ3v) is 4.17. The molecule has 1 saturated carbocycles. The van der Waals surface area contributed by atoms with Crippen LogP contribution in [0.3, 0.4) is 0 Å². The molecule has 1 N–H and O–H groups in total. The van der Waals surface area contributed by atoms with Gasteiger partial charge in [0.1, 0.15) is 6.04 Å². The summed E-state index contributed by atoms with van der Waals surface area (Å²) in [4.78, 5) is 26.0. The lowest BCUT2D eigenvalue weighted by atomic mass is 10.0. The monoisotopic (exact) mass is 268 g/mol. The first-order valence-electron chi connectivity index (χ1n) is 7.19. The zero-order chi connectivity index (χ0) is 14.0. The lowest BCUT2D eigenvalue weighted by molar-refractivity contribution is -0.135. The number of methoxy groups -OCH3 is 1. The highest BCUT2D eigenvalue weighted by atomic mass is 16.5. The first kappa shape index (κ1) is 14.2. The number of hydrogen-bond donors (Lipinski definition) is 1. The highest BCUT2D eigenvalue weighted by Gasteiger charge is 2.42. The van der Waals surface area contributed by atoms with Crippen molar-refractivity contribution < 1.29 is 14.3 Å². The Balaban J connectivity index is 2.04. The molecule has 0 bridgehead atoms. The second-order valence-electron chi connectivity index (χ2n) is 5.94. The van der Waals surface area contributed by atoms with Crippen LogP contribution in [0.1, 0.15) is 39.5 Å². The van der Waals surface area contributed by atoms with E-state index in [0.29, 0.717) is 17.9 Å². The summed E-state index contributed by atoms with van der Waals surface area (Å²) in [6.45, 7) is 5.11. The van der Waals surface area contributed by atoms with E-state index in [9.17, 15) is 9.59 Å². The van der Waals surface area contributed by atoms with E-state index in [4.69, 9.17) is 0 Å². The molecule has 0 aromatic heterocycles. The van der Waals surface area contributed by atoms with E-state index >= 15 is 0 Å². The molecule has 2 fully saturated rings. The number of likely N-dealkylation sites (tertiary alicyclic amines) is 1. The molecule has 2 amide bonds. The van der Waals surface area contributed by atoms with Gasteiger partial charge in [0.2, 0.25) is 5.91 Å². The van der Waals surface area contributed by atoms with Crippen molar-refractivity contribution in [1.29, 1.82) is 0 Å². The molecular formula is C14H24N2O3. The molecule has 5 nitrogen and oxygen atoms in total.